The average Bonchev–Trinajstić information content (AvgIpc) is 2.72. The second kappa shape index (κ2) is 8.97. The smallest absolute Gasteiger partial charge is 0.267 e. The minimum Gasteiger partial charge on any atom is -0.489 e. The summed E-state index contributed by atoms with van der Waals surface area (Å²) in [6.45, 7) is 0.444. The molecule has 1 N–H and O–H groups in total. The van der Waals surface area contributed by atoms with Gasteiger partial charge in [0.1, 0.15) is 29.8 Å². The SMILES string of the molecule is N#C/C(=C\c1cccc(OCc2ccccc2)c1)C(=O)Nc1ccccn1. The van der Waals surface area contributed by atoms with Gasteiger partial charge in [-0.3, -0.25) is 4.79 Å². The Bertz CT molecular complexity index is 977. The zero-order chi connectivity index (χ0) is 18.9. The zero-order valence-electron chi connectivity index (χ0n) is 14.5. The number of amides is 1. The summed E-state index contributed by atoms with van der Waals surface area (Å²) in [7, 11) is 0. The highest BCUT2D eigenvalue weighted by Gasteiger charge is 2.10. The molecule has 5 heteroatoms. The number of anilines is 1. The Hall–Kier alpha value is -3.91. The summed E-state index contributed by atoms with van der Waals surface area (Å²) in [5.41, 5.74) is 1.75. The molecular formula is C22H17N3O2. The summed E-state index contributed by atoms with van der Waals surface area (Å²) in [6, 6.07) is 24.2. The number of hydrogen-bond acceptors (Lipinski definition) is 4. The molecule has 0 atom stereocenters. The number of rotatable bonds is 6. The maximum absolute atomic E-state index is 12.3. The summed E-state index contributed by atoms with van der Waals surface area (Å²) in [4.78, 5) is 16.3. The Morgan fingerprint density at radius 1 is 1.07 bits per heavy atom. The molecule has 0 unspecified atom stereocenters. The fraction of sp³-hybridized carbons (Fsp3) is 0.0455. The lowest BCUT2D eigenvalue weighted by atomic mass is 10.1. The van der Waals surface area contributed by atoms with Gasteiger partial charge in [0.15, 0.2) is 0 Å². The fourth-order valence-corrected chi connectivity index (χ4v) is 2.37. The largest absolute Gasteiger partial charge is 0.489 e. The molecule has 0 saturated carbocycles. The van der Waals surface area contributed by atoms with Crippen LogP contribution in [0.5, 0.6) is 5.75 Å². The second-order valence-electron chi connectivity index (χ2n) is 5.69. The molecule has 0 aliphatic heterocycles. The lowest BCUT2D eigenvalue weighted by Gasteiger charge is -2.07. The highest BCUT2D eigenvalue weighted by Crippen LogP contribution is 2.18. The van der Waals surface area contributed by atoms with Crippen molar-refractivity contribution in [2.75, 3.05) is 5.32 Å². The third kappa shape index (κ3) is 5.28. The zero-order valence-corrected chi connectivity index (χ0v) is 14.5. The number of hydrogen-bond donors (Lipinski definition) is 1. The summed E-state index contributed by atoms with van der Waals surface area (Å²) in [5, 5.41) is 11.9. The van der Waals surface area contributed by atoms with Crippen molar-refractivity contribution in [1.29, 1.82) is 5.26 Å². The van der Waals surface area contributed by atoms with Gasteiger partial charge in [0, 0.05) is 6.20 Å². The lowest BCUT2D eigenvalue weighted by molar-refractivity contribution is -0.112. The molecule has 0 saturated heterocycles. The van der Waals surface area contributed by atoms with Crippen LogP contribution in [0.15, 0.2) is 84.6 Å². The Balaban J connectivity index is 1.70. The third-order valence-corrected chi connectivity index (χ3v) is 3.69. The molecule has 1 aromatic heterocycles. The Morgan fingerprint density at radius 2 is 1.89 bits per heavy atom. The Kier molecular flexibility index (Phi) is 5.95. The summed E-state index contributed by atoms with van der Waals surface area (Å²) >= 11 is 0. The van der Waals surface area contributed by atoms with E-state index in [-0.39, 0.29) is 5.57 Å². The second-order valence-corrected chi connectivity index (χ2v) is 5.69. The number of ether oxygens (including phenoxy) is 1. The number of pyridine rings is 1. The van der Waals surface area contributed by atoms with Crippen LogP contribution in [0.25, 0.3) is 6.08 Å². The first kappa shape index (κ1) is 17.9. The topological polar surface area (TPSA) is 75.0 Å². The van der Waals surface area contributed by atoms with Gasteiger partial charge in [-0.1, -0.05) is 48.5 Å². The quantitative estimate of drug-likeness (QED) is 0.531. The summed E-state index contributed by atoms with van der Waals surface area (Å²) in [5.74, 6) is 0.547. The molecule has 0 bridgehead atoms. The van der Waals surface area contributed by atoms with Crippen molar-refractivity contribution < 1.29 is 9.53 Å². The van der Waals surface area contributed by atoms with E-state index in [0.717, 1.165) is 5.56 Å². The number of nitrogens with zero attached hydrogens (tertiary/aromatic N) is 2. The van der Waals surface area contributed by atoms with E-state index in [0.29, 0.717) is 23.7 Å². The first-order valence-corrected chi connectivity index (χ1v) is 8.35. The molecule has 27 heavy (non-hydrogen) atoms. The number of benzene rings is 2. The number of aromatic nitrogens is 1. The van der Waals surface area contributed by atoms with Crippen LogP contribution in [0.2, 0.25) is 0 Å². The number of nitrogens with one attached hydrogen (secondary N) is 1. The van der Waals surface area contributed by atoms with Crippen molar-refractivity contribution in [2.24, 2.45) is 0 Å². The minimum atomic E-state index is -0.508. The van der Waals surface area contributed by atoms with Crippen LogP contribution in [0.3, 0.4) is 0 Å². The molecule has 132 valence electrons. The average molecular weight is 355 g/mol. The maximum atomic E-state index is 12.3. The third-order valence-electron chi connectivity index (χ3n) is 3.69. The Labute approximate surface area is 157 Å². The first-order chi connectivity index (χ1) is 13.2. The van der Waals surface area contributed by atoms with E-state index in [1.807, 2.05) is 48.5 Å². The van der Waals surface area contributed by atoms with Crippen LogP contribution in [0.4, 0.5) is 5.82 Å². The standard InChI is InChI=1S/C22H17N3O2/c23-15-19(22(26)25-21-11-4-5-12-24-21)13-18-9-6-10-20(14-18)27-16-17-7-2-1-3-8-17/h1-14H,16H2,(H,24,25,26)/b19-13+. The molecule has 0 spiro atoms. The van der Waals surface area contributed by atoms with Gasteiger partial charge in [0.2, 0.25) is 0 Å². The van der Waals surface area contributed by atoms with Crippen molar-refractivity contribution in [2.45, 2.75) is 6.61 Å². The molecule has 0 aliphatic rings. The van der Waals surface area contributed by atoms with Gasteiger partial charge in [-0.25, -0.2) is 4.98 Å². The van der Waals surface area contributed by atoms with Crippen LogP contribution in [0.1, 0.15) is 11.1 Å². The highest BCUT2D eigenvalue weighted by atomic mass is 16.5. The molecule has 3 rings (SSSR count). The predicted octanol–water partition coefficient (Wildman–Crippen LogP) is 4.21. The highest BCUT2D eigenvalue weighted by molar-refractivity contribution is 6.09. The van der Waals surface area contributed by atoms with Gasteiger partial charge >= 0.3 is 0 Å². The van der Waals surface area contributed by atoms with Gasteiger partial charge in [-0.15, -0.1) is 0 Å². The van der Waals surface area contributed by atoms with Crippen LogP contribution in [-0.2, 0) is 11.4 Å². The van der Waals surface area contributed by atoms with Gasteiger partial charge < -0.3 is 10.1 Å². The number of carbonyl (C=O) groups excluding carboxylic acids is 1. The molecule has 2 aromatic carbocycles. The van der Waals surface area contributed by atoms with Gasteiger partial charge in [-0.05, 0) is 41.5 Å². The monoisotopic (exact) mass is 355 g/mol. The van der Waals surface area contributed by atoms with Crippen molar-refractivity contribution in [1.82, 2.24) is 4.98 Å². The lowest BCUT2D eigenvalue weighted by Crippen LogP contribution is -2.14. The van der Waals surface area contributed by atoms with E-state index in [1.54, 1.807) is 36.5 Å². The van der Waals surface area contributed by atoms with Crippen molar-refractivity contribution >= 4 is 17.8 Å². The number of carbonyl (C=O) groups is 1. The predicted molar refractivity (Wildman–Crippen MR) is 104 cm³/mol. The van der Waals surface area contributed by atoms with E-state index >= 15 is 0 Å². The molecule has 3 aromatic rings. The van der Waals surface area contributed by atoms with Gasteiger partial charge in [0.05, 0.1) is 0 Å². The summed E-state index contributed by atoms with van der Waals surface area (Å²) < 4.78 is 5.78. The summed E-state index contributed by atoms with van der Waals surface area (Å²) in [6.07, 6.45) is 3.09. The molecule has 0 aliphatic carbocycles. The van der Waals surface area contributed by atoms with E-state index in [4.69, 9.17) is 4.74 Å². The molecule has 0 radical (unpaired) electrons. The normalized spacial score (nSPS) is 10.7. The fourth-order valence-electron chi connectivity index (χ4n) is 2.37. The van der Waals surface area contributed by atoms with E-state index < -0.39 is 5.91 Å². The molecule has 1 heterocycles. The first-order valence-electron chi connectivity index (χ1n) is 8.35. The minimum absolute atomic E-state index is 0.0131. The van der Waals surface area contributed by atoms with E-state index in [1.165, 1.54) is 6.08 Å². The van der Waals surface area contributed by atoms with Gasteiger partial charge in [0.25, 0.3) is 5.91 Å². The van der Waals surface area contributed by atoms with Crippen molar-refractivity contribution in [3.8, 4) is 11.8 Å². The Morgan fingerprint density at radius 3 is 2.63 bits per heavy atom. The maximum Gasteiger partial charge on any atom is 0.267 e. The van der Waals surface area contributed by atoms with Crippen LogP contribution < -0.4 is 10.1 Å². The molecule has 0 fully saturated rings. The van der Waals surface area contributed by atoms with Crippen LogP contribution >= 0.6 is 0 Å². The van der Waals surface area contributed by atoms with E-state index in [2.05, 4.69) is 10.3 Å². The molecular weight excluding hydrogens is 338 g/mol. The van der Waals surface area contributed by atoms with E-state index in [9.17, 15) is 10.1 Å². The molecule has 5 nitrogen and oxygen atoms in total. The van der Waals surface area contributed by atoms with Crippen LogP contribution in [-0.4, -0.2) is 10.9 Å². The van der Waals surface area contributed by atoms with Crippen molar-refractivity contribution in [3.05, 3.63) is 95.7 Å². The van der Waals surface area contributed by atoms with Crippen LogP contribution in [0, 0.1) is 11.3 Å². The molecule has 1 amide bonds. The van der Waals surface area contributed by atoms with Gasteiger partial charge in [-0.2, -0.15) is 5.26 Å². The van der Waals surface area contributed by atoms with Crippen molar-refractivity contribution in [3.63, 3.8) is 0 Å². The number of nitriles is 1.